The second-order valence-electron chi connectivity index (χ2n) is 6.01. The lowest BCUT2D eigenvalue weighted by Gasteiger charge is -2.11. The summed E-state index contributed by atoms with van der Waals surface area (Å²) < 4.78 is 30.0. The van der Waals surface area contributed by atoms with E-state index in [2.05, 4.69) is 9.71 Å². The SMILES string of the molecule is Cc1cccn2cc(-c3ccccc3NS(=O)(=O)c3ccccc3)nc12. The van der Waals surface area contributed by atoms with Crippen molar-refractivity contribution in [3.8, 4) is 11.3 Å². The number of para-hydroxylation sites is 1. The van der Waals surface area contributed by atoms with Crippen LogP contribution in [0.15, 0.2) is 84.0 Å². The Labute approximate surface area is 152 Å². The first-order valence-corrected chi connectivity index (χ1v) is 9.64. The van der Waals surface area contributed by atoms with Gasteiger partial charge in [-0.3, -0.25) is 4.72 Å². The molecule has 0 unspecified atom stereocenters. The van der Waals surface area contributed by atoms with Gasteiger partial charge in [0.1, 0.15) is 5.65 Å². The number of hydrogen-bond acceptors (Lipinski definition) is 3. The van der Waals surface area contributed by atoms with E-state index in [9.17, 15) is 8.42 Å². The van der Waals surface area contributed by atoms with Gasteiger partial charge in [-0.1, -0.05) is 42.5 Å². The van der Waals surface area contributed by atoms with Crippen molar-refractivity contribution in [3.63, 3.8) is 0 Å². The summed E-state index contributed by atoms with van der Waals surface area (Å²) >= 11 is 0. The largest absolute Gasteiger partial charge is 0.306 e. The molecule has 0 atom stereocenters. The highest BCUT2D eigenvalue weighted by Crippen LogP contribution is 2.29. The van der Waals surface area contributed by atoms with Crippen molar-refractivity contribution < 1.29 is 8.42 Å². The molecule has 2 aromatic carbocycles. The molecule has 4 rings (SSSR count). The summed E-state index contributed by atoms with van der Waals surface area (Å²) in [6.07, 6.45) is 3.83. The lowest BCUT2D eigenvalue weighted by Crippen LogP contribution is -2.13. The maximum atomic E-state index is 12.7. The monoisotopic (exact) mass is 363 g/mol. The molecule has 0 saturated carbocycles. The molecule has 0 radical (unpaired) electrons. The molecule has 0 aliphatic carbocycles. The first kappa shape index (κ1) is 16.4. The van der Waals surface area contributed by atoms with Gasteiger partial charge in [0.25, 0.3) is 10.0 Å². The van der Waals surface area contributed by atoms with Gasteiger partial charge in [0.2, 0.25) is 0 Å². The topological polar surface area (TPSA) is 63.5 Å². The highest BCUT2D eigenvalue weighted by Gasteiger charge is 2.17. The second-order valence-corrected chi connectivity index (χ2v) is 7.69. The normalized spacial score (nSPS) is 11.6. The third-order valence-electron chi connectivity index (χ3n) is 4.18. The molecule has 2 heterocycles. The number of anilines is 1. The number of sulfonamides is 1. The summed E-state index contributed by atoms with van der Waals surface area (Å²) in [5, 5.41) is 0. The van der Waals surface area contributed by atoms with Crippen LogP contribution in [-0.2, 0) is 10.0 Å². The van der Waals surface area contributed by atoms with Gasteiger partial charge in [-0.2, -0.15) is 0 Å². The van der Waals surface area contributed by atoms with Crippen LogP contribution in [0.5, 0.6) is 0 Å². The van der Waals surface area contributed by atoms with E-state index in [1.807, 2.05) is 48.0 Å². The molecule has 0 saturated heterocycles. The molecule has 0 amide bonds. The summed E-state index contributed by atoms with van der Waals surface area (Å²) in [5.41, 5.74) is 3.85. The van der Waals surface area contributed by atoms with Crippen LogP contribution >= 0.6 is 0 Å². The third-order valence-corrected chi connectivity index (χ3v) is 5.56. The molecule has 0 bridgehead atoms. The minimum Gasteiger partial charge on any atom is -0.306 e. The average molecular weight is 363 g/mol. The van der Waals surface area contributed by atoms with Gasteiger partial charge in [0.05, 0.1) is 16.3 Å². The lowest BCUT2D eigenvalue weighted by molar-refractivity contribution is 0.601. The number of nitrogens with one attached hydrogen (secondary N) is 1. The van der Waals surface area contributed by atoms with Gasteiger partial charge in [0, 0.05) is 18.0 Å². The summed E-state index contributed by atoms with van der Waals surface area (Å²) in [5.74, 6) is 0. The fraction of sp³-hybridized carbons (Fsp3) is 0.0500. The molecule has 5 nitrogen and oxygen atoms in total. The van der Waals surface area contributed by atoms with Crippen LogP contribution in [0.2, 0.25) is 0 Å². The van der Waals surface area contributed by atoms with E-state index < -0.39 is 10.0 Å². The van der Waals surface area contributed by atoms with Gasteiger partial charge in [0.15, 0.2) is 0 Å². The molecular formula is C20H17N3O2S. The van der Waals surface area contributed by atoms with Crippen molar-refractivity contribution in [2.24, 2.45) is 0 Å². The standard InChI is InChI=1S/C20H17N3O2S/c1-15-8-7-13-23-14-19(21-20(15)23)17-11-5-6-12-18(17)22-26(24,25)16-9-3-2-4-10-16/h2-14,22H,1H3. The second kappa shape index (κ2) is 6.31. The van der Waals surface area contributed by atoms with Crippen LogP contribution < -0.4 is 4.72 Å². The predicted octanol–water partition coefficient (Wildman–Crippen LogP) is 4.11. The van der Waals surface area contributed by atoms with E-state index in [-0.39, 0.29) is 4.90 Å². The Kier molecular flexibility index (Phi) is 3.97. The molecule has 4 aromatic rings. The van der Waals surface area contributed by atoms with Gasteiger partial charge >= 0.3 is 0 Å². The molecule has 0 aliphatic heterocycles. The van der Waals surface area contributed by atoms with E-state index in [1.165, 1.54) is 0 Å². The van der Waals surface area contributed by atoms with E-state index in [1.54, 1.807) is 42.5 Å². The van der Waals surface area contributed by atoms with Crippen LogP contribution in [0.3, 0.4) is 0 Å². The molecule has 26 heavy (non-hydrogen) atoms. The smallest absolute Gasteiger partial charge is 0.261 e. The predicted molar refractivity (Wildman–Crippen MR) is 103 cm³/mol. The first-order valence-electron chi connectivity index (χ1n) is 8.16. The summed E-state index contributed by atoms with van der Waals surface area (Å²) in [6, 6.07) is 19.5. The molecular weight excluding hydrogens is 346 g/mol. The van der Waals surface area contributed by atoms with Crippen LogP contribution in [0, 0.1) is 6.92 Å². The molecule has 6 heteroatoms. The Hall–Kier alpha value is -3.12. The van der Waals surface area contributed by atoms with Crippen LogP contribution in [0.25, 0.3) is 16.9 Å². The Morgan fingerprint density at radius 3 is 2.42 bits per heavy atom. The van der Waals surface area contributed by atoms with E-state index in [4.69, 9.17) is 0 Å². The minimum atomic E-state index is -3.67. The van der Waals surface area contributed by atoms with E-state index in [0.717, 1.165) is 16.8 Å². The minimum absolute atomic E-state index is 0.223. The number of nitrogens with zero attached hydrogens (tertiary/aromatic N) is 2. The highest BCUT2D eigenvalue weighted by molar-refractivity contribution is 7.92. The van der Waals surface area contributed by atoms with Crippen molar-refractivity contribution in [1.29, 1.82) is 0 Å². The average Bonchev–Trinajstić information content (AvgIpc) is 3.08. The highest BCUT2D eigenvalue weighted by atomic mass is 32.2. The van der Waals surface area contributed by atoms with Crippen LogP contribution in [0.4, 0.5) is 5.69 Å². The number of benzene rings is 2. The van der Waals surface area contributed by atoms with Gasteiger partial charge in [-0.25, -0.2) is 13.4 Å². The zero-order valence-electron chi connectivity index (χ0n) is 14.1. The number of hydrogen-bond donors (Lipinski definition) is 1. The molecule has 1 N–H and O–H groups in total. The van der Waals surface area contributed by atoms with Gasteiger partial charge < -0.3 is 4.40 Å². The van der Waals surface area contributed by atoms with E-state index >= 15 is 0 Å². The fourth-order valence-electron chi connectivity index (χ4n) is 2.88. The zero-order valence-corrected chi connectivity index (χ0v) is 14.9. The Bertz CT molecular complexity index is 1180. The van der Waals surface area contributed by atoms with Crippen LogP contribution in [-0.4, -0.2) is 17.8 Å². The van der Waals surface area contributed by atoms with E-state index in [0.29, 0.717) is 11.4 Å². The number of fused-ring (bicyclic) bond motifs is 1. The Balaban J connectivity index is 1.79. The lowest BCUT2D eigenvalue weighted by atomic mass is 10.1. The Morgan fingerprint density at radius 2 is 1.65 bits per heavy atom. The molecule has 0 fully saturated rings. The zero-order chi connectivity index (χ0) is 18.1. The van der Waals surface area contributed by atoms with Gasteiger partial charge in [-0.05, 0) is 36.8 Å². The number of aromatic nitrogens is 2. The van der Waals surface area contributed by atoms with Crippen molar-refractivity contribution >= 4 is 21.4 Å². The number of aryl methyl sites for hydroxylation is 1. The third kappa shape index (κ3) is 2.95. The molecule has 2 aromatic heterocycles. The van der Waals surface area contributed by atoms with Crippen molar-refractivity contribution in [2.45, 2.75) is 11.8 Å². The quantitative estimate of drug-likeness (QED) is 0.593. The number of imidazole rings is 1. The van der Waals surface area contributed by atoms with Crippen molar-refractivity contribution in [3.05, 3.63) is 84.7 Å². The summed E-state index contributed by atoms with van der Waals surface area (Å²) in [7, 11) is -3.67. The molecule has 0 spiro atoms. The first-order chi connectivity index (χ1) is 12.5. The van der Waals surface area contributed by atoms with Crippen LogP contribution in [0.1, 0.15) is 5.56 Å². The molecule has 0 aliphatic rings. The molecule has 130 valence electrons. The summed E-state index contributed by atoms with van der Waals surface area (Å²) in [4.78, 5) is 4.90. The van der Waals surface area contributed by atoms with Crippen molar-refractivity contribution in [1.82, 2.24) is 9.38 Å². The number of pyridine rings is 1. The maximum Gasteiger partial charge on any atom is 0.261 e. The fourth-order valence-corrected chi connectivity index (χ4v) is 3.98. The summed E-state index contributed by atoms with van der Waals surface area (Å²) in [6.45, 7) is 2.00. The number of rotatable bonds is 4. The maximum absolute atomic E-state index is 12.7. The Morgan fingerprint density at radius 1 is 0.923 bits per heavy atom. The van der Waals surface area contributed by atoms with Crippen molar-refractivity contribution in [2.75, 3.05) is 4.72 Å². The van der Waals surface area contributed by atoms with Gasteiger partial charge in [-0.15, -0.1) is 0 Å².